The van der Waals surface area contributed by atoms with Gasteiger partial charge < -0.3 is 19.6 Å². The molecule has 1 rings (SSSR count). The molecule has 1 unspecified atom stereocenters. The number of aliphatic hydroxyl groups is 2. The summed E-state index contributed by atoms with van der Waals surface area (Å²) in [4.78, 5) is 11.4. The van der Waals surface area contributed by atoms with E-state index in [9.17, 15) is 4.79 Å². The molecule has 6 heteroatoms. The first-order chi connectivity index (χ1) is 7.67. The molecule has 0 aromatic heterocycles. The maximum absolute atomic E-state index is 11.4. The van der Waals surface area contributed by atoms with Gasteiger partial charge in [-0.1, -0.05) is 0 Å². The second kappa shape index (κ2) is 6.14. The molecule has 84 valence electrons. The molecule has 0 aliphatic heterocycles. The van der Waals surface area contributed by atoms with Gasteiger partial charge in [0.05, 0.1) is 17.9 Å². The van der Waals surface area contributed by atoms with Crippen LogP contribution in [0, 0.1) is 0 Å². The Kier molecular flexibility index (Phi) is 4.82. The summed E-state index contributed by atoms with van der Waals surface area (Å²) in [5, 5.41) is 17.5. The number of esters is 1. The highest BCUT2D eigenvalue weighted by molar-refractivity contribution is 6.00. The Hall–Kier alpha value is -1.53. The number of hydrogen-bond donors (Lipinski definition) is 2. The van der Waals surface area contributed by atoms with Crippen molar-refractivity contribution in [2.24, 2.45) is 0 Å². The average Bonchev–Trinajstić information content (AvgIpc) is 2.35. The minimum atomic E-state index is -1.06. The fraction of sp³-hybridized carbons (Fsp3) is 0.300. The Labute approximate surface area is 94.1 Å². The molecule has 0 saturated carbocycles. The summed E-state index contributed by atoms with van der Waals surface area (Å²) in [6, 6.07) is 5.99. The molecule has 0 amide bonds. The Balaban J connectivity index is 2.52. The lowest BCUT2D eigenvalue weighted by molar-refractivity contribution is 0.00933. The van der Waals surface area contributed by atoms with Gasteiger partial charge in [0.15, 0.2) is 0 Å². The van der Waals surface area contributed by atoms with Crippen LogP contribution in [0.3, 0.4) is 0 Å². The van der Waals surface area contributed by atoms with Crippen LogP contribution in [0.25, 0.3) is 0 Å². The van der Waals surface area contributed by atoms with Crippen LogP contribution >= 0.6 is 0 Å². The van der Waals surface area contributed by atoms with E-state index in [-0.39, 0.29) is 6.61 Å². The summed E-state index contributed by atoms with van der Waals surface area (Å²) in [5.41, 5.74) is 0.311. The Bertz CT molecular complexity index is 338. The zero-order valence-electron chi connectivity index (χ0n) is 8.50. The Morgan fingerprint density at radius 2 is 2.00 bits per heavy atom. The van der Waals surface area contributed by atoms with Crippen molar-refractivity contribution in [1.29, 1.82) is 0 Å². The van der Waals surface area contributed by atoms with Crippen LogP contribution in [0.4, 0.5) is 0 Å². The predicted octanol–water partition coefficient (Wildman–Crippen LogP) is -0.341. The van der Waals surface area contributed by atoms with Gasteiger partial charge in [-0.3, -0.25) is 0 Å². The van der Waals surface area contributed by atoms with Gasteiger partial charge in [-0.05, 0) is 24.3 Å². The monoisotopic (exact) mass is 222 g/mol. The fourth-order valence-corrected chi connectivity index (χ4v) is 0.978. The average molecular weight is 222 g/mol. The van der Waals surface area contributed by atoms with E-state index in [0.29, 0.717) is 11.3 Å². The number of ether oxygens (including phenoxy) is 1. The van der Waals surface area contributed by atoms with E-state index in [0.717, 1.165) is 0 Å². The maximum Gasteiger partial charge on any atom is 0.374 e. The van der Waals surface area contributed by atoms with Crippen molar-refractivity contribution >= 4 is 14.0 Å². The minimum absolute atomic E-state index is 0.246. The summed E-state index contributed by atoms with van der Waals surface area (Å²) >= 11 is 0. The predicted molar refractivity (Wildman–Crippen MR) is 56.2 cm³/mol. The van der Waals surface area contributed by atoms with Crippen LogP contribution in [-0.2, 0) is 4.74 Å². The molecule has 0 bridgehead atoms. The van der Waals surface area contributed by atoms with E-state index in [2.05, 4.69) is 4.65 Å². The second-order valence-corrected chi connectivity index (χ2v) is 3.08. The zero-order valence-corrected chi connectivity index (χ0v) is 8.50. The van der Waals surface area contributed by atoms with E-state index in [1.54, 1.807) is 0 Å². The highest BCUT2D eigenvalue weighted by Crippen LogP contribution is 2.11. The van der Waals surface area contributed by atoms with Gasteiger partial charge in [-0.2, -0.15) is 0 Å². The number of benzene rings is 1. The summed E-state index contributed by atoms with van der Waals surface area (Å²) in [6.45, 7) is -0.697. The van der Waals surface area contributed by atoms with E-state index < -0.39 is 18.7 Å². The highest BCUT2D eigenvalue weighted by atomic mass is 16.5. The van der Waals surface area contributed by atoms with Crippen LogP contribution in [0.2, 0.25) is 0 Å². The molecule has 0 aliphatic carbocycles. The standard InChI is InChI=1S/C10H11BO5/c11-16-9-3-1-7(2-4-9)10(14)15-6-8(13)5-12/h1-4,8,12-13H,5-6H2. The first kappa shape index (κ1) is 12.5. The SMILES string of the molecule is [B]Oc1ccc(C(=O)OCC(O)CO)cc1. The summed E-state index contributed by atoms with van der Waals surface area (Å²) < 4.78 is 9.17. The number of carbonyl (C=O) groups excluding carboxylic acids is 1. The Morgan fingerprint density at radius 1 is 1.38 bits per heavy atom. The van der Waals surface area contributed by atoms with Crippen molar-refractivity contribution in [1.82, 2.24) is 0 Å². The highest BCUT2D eigenvalue weighted by Gasteiger charge is 2.09. The molecule has 0 aliphatic rings. The lowest BCUT2D eigenvalue weighted by Crippen LogP contribution is -2.21. The molecule has 0 heterocycles. The fourth-order valence-electron chi connectivity index (χ4n) is 0.978. The van der Waals surface area contributed by atoms with Gasteiger partial charge in [0.2, 0.25) is 0 Å². The van der Waals surface area contributed by atoms with Crippen LogP contribution in [0.15, 0.2) is 24.3 Å². The third-order valence-electron chi connectivity index (χ3n) is 1.84. The summed E-state index contributed by atoms with van der Waals surface area (Å²) in [5.74, 6) is -0.164. The van der Waals surface area contributed by atoms with Crippen molar-refractivity contribution < 1.29 is 24.4 Å². The Morgan fingerprint density at radius 3 is 2.50 bits per heavy atom. The van der Waals surface area contributed by atoms with Gasteiger partial charge in [0.1, 0.15) is 12.7 Å². The largest absolute Gasteiger partial charge is 0.568 e. The first-order valence-electron chi connectivity index (χ1n) is 4.60. The van der Waals surface area contributed by atoms with E-state index in [1.807, 2.05) is 0 Å². The lowest BCUT2D eigenvalue weighted by Gasteiger charge is -2.08. The van der Waals surface area contributed by atoms with Crippen molar-refractivity contribution in [2.75, 3.05) is 13.2 Å². The molecule has 0 saturated heterocycles. The van der Waals surface area contributed by atoms with Gasteiger partial charge in [0, 0.05) is 0 Å². The molecule has 2 N–H and O–H groups in total. The summed E-state index contributed by atoms with van der Waals surface area (Å²) in [6.07, 6.45) is -1.06. The number of aliphatic hydroxyl groups excluding tert-OH is 2. The molecule has 0 spiro atoms. The number of carbonyl (C=O) groups is 1. The molecule has 2 radical (unpaired) electrons. The molecular weight excluding hydrogens is 211 g/mol. The molecule has 1 aromatic rings. The quantitative estimate of drug-likeness (QED) is 0.526. The molecule has 5 nitrogen and oxygen atoms in total. The minimum Gasteiger partial charge on any atom is -0.568 e. The van der Waals surface area contributed by atoms with Gasteiger partial charge >= 0.3 is 14.0 Å². The van der Waals surface area contributed by atoms with Crippen LogP contribution in [-0.4, -0.2) is 43.5 Å². The number of rotatable bonds is 5. The normalized spacial score (nSPS) is 11.9. The maximum atomic E-state index is 11.4. The molecule has 16 heavy (non-hydrogen) atoms. The van der Waals surface area contributed by atoms with Crippen molar-refractivity contribution in [3.05, 3.63) is 29.8 Å². The van der Waals surface area contributed by atoms with E-state index in [4.69, 9.17) is 23.0 Å². The van der Waals surface area contributed by atoms with Gasteiger partial charge in [-0.25, -0.2) is 4.79 Å². The zero-order chi connectivity index (χ0) is 12.0. The number of hydrogen-bond acceptors (Lipinski definition) is 5. The van der Waals surface area contributed by atoms with Crippen molar-refractivity contribution in [2.45, 2.75) is 6.10 Å². The van der Waals surface area contributed by atoms with E-state index in [1.165, 1.54) is 24.3 Å². The lowest BCUT2D eigenvalue weighted by atomic mass is 10.2. The summed E-state index contributed by atoms with van der Waals surface area (Å²) in [7, 11) is 4.92. The van der Waals surface area contributed by atoms with Crippen molar-refractivity contribution in [3.63, 3.8) is 0 Å². The molecule has 0 fully saturated rings. The first-order valence-corrected chi connectivity index (χ1v) is 4.60. The van der Waals surface area contributed by atoms with Gasteiger partial charge in [0.25, 0.3) is 0 Å². The molecular formula is C10H11BO5. The van der Waals surface area contributed by atoms with Crippen LogP contribution in [0.1, 0.15) is 10.4 Å². The topological polar surface area (TPSA) is 76.0 Å². The second-order valence-electron chi connectivity index (χ2n) is 3.08. The third kappa shape index (κ3) is 3.56. The van der Waals surface area contributed by atoms with Gasteiger partial charge in [-0.15, -0.1) is 0 Å². The molecule has 1 aromatic carbocycles. The smallest absolute Gasteiger partial charge is 0.374 e. The van der Waals surface area contributed by atoms with E-state index >= 15 is 0 Å². The molecule has 1 atom stereocenters. The van der Waals surface area contributed by atoms with Crippen LogP contribution in [0.5, 0.6) is 5.75 Å². The van der Waals surface area contributed by atoms with Crippen molar-refractivity contribution in [3.8, 4) is 5.75 Å². The van der Waals surface area contributed by atoms with Crippen LogP contribution < -0.4 is 4.65 Å². The third-order valence-corrected chi connectivity index (χ3v) is 1.84.